The molecule has 0 aromatic rings. The Morgan fingerprint density at radius 3 is 2.55 bits per heavy atom. The van der Waals surface area contributed by atoms with Crippen molar-refractivity contribution in [1.82, 2.24) is 0 Å². The first kappa shape index (κ1) is 10.4. The van der Waals surface area contributed by atoms with Crippen LogP contribution in [0, 0.1) is 0 Å². The molecule has 1 saturated heterocycles. The Morgan fingerprint density at radius 2 is 2.18 bits per heavy atom. The molecule has 66 valence electrons. The zero-order valence-corrected chi connectivity index (χ0v) is 6.29. The van der Waals surface area contributed by atoms with Gasteiger partial charge in [-0.15, -0.1) is 0 Å². The Balaban J connectivity index is 0.000001000. The molecule has 0 amide bonds. The number of methoxy groups -OCH3 is 1. The van der Waals surface area contributed by atoms with Crippen molar-refractivity contribution in [2.24, 2.45) is 0 Å². The Labute approximate surface area is 67.7 Å². The highest BCUT2D eigenvalue weighted by molar-refractivity contribution is 5.70. The van der Waals surface area contributed by atoms with Crippen LogP contribution in [0.25, 0.3) is 0 Å². The van der Waals surface area contributed by atoms with Gasteiger partial charge in [-0.25, -0.2) is 0 Å². The SMILES string of the molecule is C.CC[C@H]1O[C@H]1CC(=O)OC. The van der Waals surface area contributed by atoms with E-state index in [2.05, 4.69) is 4.74 Å². The zero-order valence-electron chi connectivity index (χ0n) is 6.29. The minimum Gasteiger partial charge on any atom is -0.469 e. The van der Waals surface area contributed by atoms with Crippen molar-refractivity contribution in [3.05, 3.63) is 0 Å². The molecule has 2 atom stereocenters. The number of carbonyl (C=O) groups is 1. The van der Waals surface area contributed by atoms with Crippen molar-refractivity contribution < 1.29 is 14.3 Å². The quantitative estimate of drug-likeness (QED) is 0.462. The summed E-state index contributed by atoms with van der Waals surface area (Å²) in [6, 6.07) is 0. The summed E-state index contributed by atoms with van der Waals surface area (Å²) in [4.78, 5) is 10.6. The molecule has 1 aliphatic heterocycles. The zero-order chi connectivity index (χ0) is 7.56. The monoisotopic (exact) mass is 160 g/mol. The first-order valence-corrected chi connectivity index (χ1v) is 3.50. The summed E-state index contributed by atoms with van der Waals surface area (Å²) in [6.07, 6.45) is 1.84. The second kappa shape index (κ2) is 4.34. The molecule has 1 aliphatic rings. The topological polar surface area (TPSA) is 38.8 Å². The van der Waals surface area contributed by atoms with Gasteiger partial charge in [0.05, 0.1) is 25.7 Å². The van der Waals surface area contributed by atoms with Gasteiger partial charge in [-0.3, -0.25) is 4.79 Å². The first-order chi connectivity index (χ1) is 4.77. The second-order valence-corrected chi connectivity index (χ2v) is 2.40. The van der Waals surface area contributed by atoms with E-state index in [9.17, 15) is 4.79 Å². The molecule has 3 heteroatoms. The van der Waals surface area contributed by atoms with Crippen LogP contribution >= 0.6 is 0 Å². The highest BCUT2D eigenvalue weighted by Gasteiger charge is 2.38. The summed E-state index contributed by atoms with van der Waals surface area (Å²) >= 11 is 0. The molecule has 0 saturated carbocycles. The molecule has 0 aromatic carbocycles. The molecule has 1 fully saturated rings. The standard InChI is InChI=1S/C7H12O3.CH4/c1-3-5-6(10-5)4-7(8)9-2;/h5-6H,3-4H2,1-2H3;1H4/t5-,6+;/m1./s1. The number of hydrogen-bond donors (Lipinski definition) is 0. The summed E-state index contributed by atoms with van der Waals surface area (Å²) in [6.45, 7) is 2.04. The number of rotatable bonds is 3. The smallest absolute Gasteiger partial charge is 0.308 e. The third-order valence-corrected chi connectivity index (χ3v) is 1.69. The van der Waals surface area contributed by atoms with E-state index in [4.69, 9.17) is 4.74 Å². The fourth-order valence-corrected chi connectivity index (χ4v) is 0.965. The molecule has 3 nitrogen and oxygen atoms in total. The maximum Gasteiger partial charge on any atom is 0.308 e. The van der Waals surface area contributed by atoms with Crippen LogP contribution in [0.1, 0.15) is 27.2 Å². The number of carbonyl (C=O) groups excluding carboxylic acids is 1. The average molecular weight is 160 g/mol. The van der Waals surface area contributed by atoms with Crippen molar-refractivity contribution in [2.45, 2.75) is 39.4 Å². The van der Waals surface area contributed by atoms with Gasteiger partial charge in [0, 0.05) is 0 Å². The van der Waals surface area contributed by atoms with Crippen LogP contribution in [0.5, 0.6) is 0 Å². The van der Waals surface area contributed by atoms with E-state index in [1.54, 1.807) is 0 Å². The van der Waals surface area contributed by atoms with Gasteiger partial charge in [-0.1, -0.05) is 14.4 Å². The van der Waals surface area contributed by atoms with Gasteiger partial charge in [0.2, 0.25) is 0 Å². The van der Waals surface area contributed by atoms with Crippen LogP contribution in [0.3, 0.4) is 0 Å². The van der Waals surface area contributed by atoms with Crippen molar-refractivity contribution >= 4 is 5.97 Å². The minimum absolute atomic E-state index is 0. The lowest BCUT2D eigenvalue weighted by atomic mass is 10.2. The Kier molecular flexibility index (Phi) is 4.11. The molecular formula is C8H16O3. The van der Waals surface area contributed by atoms with Crippen LogP contribution < -0.4 is 0 Å². The molecular weight excluding hydrogens is 144 g/mol. The number of esters is 1. The van der Waals surface area contributed by atoms with Crippen LogP contribution in [0.2, 0.25) is 0 Å². The third-order valence-electron chi connectivity index (χ3n) is 1.69. The van der Waals surface area contributed by atoms with Crippen LogP contribution in [-0.2, 0) is 14.3 Å². The molecule has 0 unspecified atom stereocenters. The number of ether oxygens (including phenoxy) is 2. The van der Waals surface area contributed by atoms with Crippen LogP contribution in [0.15, 0.2) is 0 Å². The lowest BCUT2D eigenvalue weighted by molar-refractivity contribution is -0.140. The number of hydrogen-bond acceptors (Lipinski definition) is 3. The van der Waals surface area contributed by atoms with E-state index >= 15 is 0 Å². The summed E-state index contributed by atoms with van der Waals surface area (Å²) < 4.78 is 9.61. The summed E-state index contributed by atoms with van der Waals surface area (Å²) in [5, 5.41) is 0. The molecule has 0 aromatic heterocycles. The Bertz CT molecular complexity index is 133. The fraction of sp³-hybridized carbons (Fsp3) is 0.875. The average Bonchev–Trinajstić information content (AvgIpc) is 2.67. The van der Waals surface area contributed by atoms with Crippen molar-refractivity contribution in [2.75, 3.05) is 7.11 Å². The third kappa shape index (κ3) is 2.89. The van der Waals surface area contributed by atoms with Gasteiger partial charge >= 0.3 is 5.97 Å². The van der Waals surface area contributed by atoms with E-state index in [-0.39, 0.29) is 19.5 Å². The van der Waals surface area contributed by atoms with Gasteiger partial charge in [-0.05, 0) is 6.42 Å². The van der Waals surface area contributed by atoms with Gasteiger partial charge in [-0.2, -0.15) is 0 Å². The maximum absolute atomic E-state index is 10.6. The van der Waals surface area contributed by atoms with Gasteiger partial charge in [0.1, 0.15) is 0 Å². The fourth-order valence-electron chi connectivity index (χ4n) is 0.965. The molecule has 0 N–H and O–H groups in total. The lowest BCUT2D eigenvalue weighted by Gasteiger charge is -1.92. The number of epoxide rings is 1. The predicted octanol–water partition coefficient (Wildman–Crippen LogP) is 1.36. The molecule has 1 rings (SSSR count). The molecule has 0 aliphatic carbocycles. The van der Waals surface area contributed by atoms with E-state index < -0.39 is 0 Å². The summed E-state index contributed by atoms with van der Waals surface area (Å²) in [7, 11) is 1.39. The molecule has 11 heavy (non-hydrogen) atoms. The van der Waals surface area contributed by atoms with Gasteiger partial charge in [0.25, 0.3) is 0 Å². The second-order valence-electron chi connectivity index (χ2n) is 2.40. The van der Waals surface area contributed by atoms with E-state index in [1.807, 2.05) is 6.92 Å². The Morgan fingerprint density at radius 1 is 1.55 bits per heavy atom. The van der Waals surface area contributed by atoms with E-state index in [0.717, 1.165) is 6.42 Å². The summed E-state index contributed by atoms with van der Waals surface area (Å²) in [5.41, 5.74) is 0. The van der Waals surface area contributed by atoms with Crippen molar-refractivity contribution in [3.63, 3.8) is 0 Å². The van der Waals surface area contributed by atoms with Crippen molar-refractivity contribution in [1.29, 1.82) is 0 Å². The van der Waals surface area contributed by atoms with E-state index in [0.29, 0.717) is 12.5 Å². The highest BCUT2D eigenvalue weighted by Crippen LogP contribution is 2.27. The predicted molar refractivity (Wildman–Crippen MR) is 42.3 cm³/mol. The molecule has 0 spiro atoms. The highest BCUT2D eigenvalue weighted by atomic mass is 16.6. The van der Waals surface area contributed by atoms with Gasteiger partial charge in [0.15, 0.2) is 0 Å². The first-order valence-electron chi connectivity index (χ1n) is 3.50. The molecule has 1 heterocycles. The van der Waals surface area contributed by atoms with E-state index in [1.165, 1.54) is 7.11 Å². The van der Waals surface area contributed by atoms with Crippen molar-refractivity contribution in [3.8, 4) is 0 Å². The Hall–Kier alpha value is -0.570. The largest absolute Gasteiger partial charge is 0.469 e. The van der Waals surface area contributed by atoms with Gasteiger partial charge < -0.3 is 9.47 Å². The molecule has 0 bridgehead atoms. The maximum atomic E-state index is 10.6. The van der Waals surface area contributed by atoms with Crippen LogP contribution in [-0.4, -0.2) is 25.3 Å². The van der Waals surface area contributed by atoms with Crippen LogP contribution in [0.4, 0.5) is 0 Å². The molecule has 0 radical (unpaired) electrons. The lowest BCUT2D eigenvalue weighted by Crippen LogP contribution is -2.05. The minimum atomic E-state index is -0.180. The normalized spacial score (nSPS) is 27.1. The summed E-state index contributed by atoms with van der Waals surface area (Å²) in [5.74, 6) is -0.180.